The second-order valence-corrected chi connectivity index (χ2v) is 3.96. The van der Waals surface area contributed by atoms with Crippen molar-refractivity contribution in [2.45, 2.75) is 6.04 Å². The predicted octanol–water partition coefficient (Wildman–Crippen LogP) is 0.464. The number of rotatable bonds is 5. The van der Waals surface area contributed by atoms with E-state index in [0.29, 0.717) is 6.73 Å². The summed E-state index contributed by atoms with van der Waals surface area (Å²) >= 11 is 0. The molecule has 0 bridgehead atoms. The average Bonchev–Trinajstić information content (AvgIpc) is 2.14. The third-order valence-corrected chi connectivity index (χ3v) is 2.90. The Morgan fingerprint density at radius 2 is 2.08 bits per heavy atom. The summed E-state index contributed by atoms with van der Waals surface area (Å²) in [6, 6.07) is 11.6. The molecule has 66 valence electrons. The van der Waals surface area contributed by atoms with E-state index >= 15 is 0 Å². The summed E-state index contributed by atoms with van der Waals surface area (Å²) in [7, 11) is 1.54. The van der Waals surface area contributed by atoms with Gasteiger partial charge in [0.15, 0.2) is 9.76 Å². The van der Waals surface area contributed by atoms with E-state index in [-0.39, 0.29) is 9.76 Å². The number of benzene rings is 1. The fourth-order valence-corrected chi connectivity index (χ4v) is 2.07. The van der Waals surface area contributed by atoms with E-state index < -0.39 is 0 Å². The van der Waals surface area contributed by atoms with E-state index in [4.69, 9.17) is 4.43 Å². The highest BCUT2D eigenvalue weighted by molar-refractivity contribution is 6.26. The fourth-order valence-electron chi connectivity index (χ4n) is 1.01. The molecule has 0 spiro atoms. The second-order valence-electron chi connectivity index (χ2n) is 2.64. The van der Waals surface area contributed by atoms with Crippen molar-refractivity contribution < 1.29 is 4.43 Å². The smallest absolute Gasteiger partial charge is 0.167 e. The van der Waals surface area contributed by atoms with Gasteiger partial charge in [-0.3, -0.25) is 5.32 Å². The number of nitrogens with one attached hydrogen (secondary N) is 1. The summed E-state index contributed by atoms with van der Waals surface area (Å²) in [6.07, 6.45) is 0. The summed E-state index contributed by atoms with van der Waals surface area (Å²) in [4.78, 5) is 0. The SMILES string of the molecule is CNCO[SiH2]Cc1ccccc1. The zero-order valence-corrected chi connectivity index (χ0v) is 8.83. The molecule has 0 heterocycles. The maximum absolute atomic E-state index is 5.41. The summed E-state index contributed by atoms with van der Waals surface area (Å²) in [6.45, 7) is 0.694. The predicted molar refractivity (Wildman–Crippen MR) is 53.7 cm³/mol. The molecule has 0 atom stereocenters. The van der Waals surface area contributed by atoms with Crippen LogP contribution >= 0.6 is 0 Å². The van der Waals surface area contributed by atoms with Crippen LogP contribution in [-0.4, -0.2) is 23.5 Å². The van der Waals surface area contributed by atoms with Crippen LogP contribution in [0.2, 0.25) is 0 Å². The Morgan fingerprint density at radius 1 is 1.33 bits per heavy atom. The topological polar surface area (TPSA) is 21.3 Å². The third kappa shape index (κ3) is 3.66. The molecule has 1 N–H and O–H groups in total. The Bertz CT molecular complexity index is 203. The lowest BCUT2D eigenvalue weighted by Gasteiger charge is -2.01. The van der Waals surface area contributed by atoms with Gasteiger partial charge >= 0.3 is 0 Å². The van der Waals surface area contributed by atoms with Crippen LogP contribution in [0, 0.1) is 0 Å². The monoisotopic (exact) mass is 181 g/mol. The number of hydrogen-bond acceptors (Lipinski definition) is 2. The van der Waals surface area contributed by atoms with E-state index in [9.17, 15) is 0 Å². The minimum Gasteiger partial charge on any atom is -0.411 e. The summed E-state index contributed by atoms with van der Waals surface area (Å²) in [5.74, 6) is 0. The van der Waals surface area contributed by atoms with Gasteiger partial charge in [0.25, 0.3) is 0 Å². The Morgan fingerprint density at radius 3 is 2.75 bits per heavy atom. The highest BCUT2D eigenvalue weighted by Gasteiger charge is 1.91. The zero-order chi connectivity index (χ0) is 8.65. The van der Waals surface area contributed by atoms with Crippen molar-refractivity contribution in [1.82, 2.24) is 5.32 Å². The van der Waals surface area contributed by atoms with E-state index in [2.05, 4.69) is 29.6 Å². The van der Waals surface area contributed by atoms with E-state index in [1.807, 2.05) is 13.1 Å². The molecule has 1 aromatic carbocycles. The van der Waals surface area contributed by atoms with Gasteiger partial charge in [-0.2, -0.15) is 0 Å². The maximum atomic E-state index is 5.41. The zero-order valence-electron chi connectivity index (χ0n) is 7.42. The van der Waals surface area contributed by atoms with Crippen molar-refractivity contribution in [1.29, 1.82) is 0 Å². The van der Waals surface area contributed by atoms with Gasteiger partial charge in [0.1, 0.15) is 0 Å². The first-order chi connectivity index (χ1) is 5.93. The third-order valence-electron chi connectivity index (χ3n) is 1.62. The highest BCUT2D eigenvalue weighted by Crippen LogP contribution is 1.97. The van der Waals surface area contributed by atoms with Crippen LogP contribution in [0.3, 0.4) is 0 Å². The molecule has 0 aromatic heterocycles. The van der Waals surface area contributed by atoms with Crippen LogP contribution in [0.25, 0.3) is 0 Å². The molecule has 1 rings (SSSR count). The minimum absolute atomic E-state index is 0.360. The lowest BCUT2D eigenvalue weighted by atomic mass is 10.2. The van der Waals surface area contributed by atoms with Gasteiger partial charge in [0.05, 0.1) is 6.73 Å². The van der Waals surface area contributed by atoms with Crippen molar-refractivity contribution in [3.63, 3.8) is 0 Å². The molecule has 0 amide bonds. The molecule has 0 aliphatic carbocycles. The molecule has 0 saturated heterocycles. The lowest BCUT2D eigenvalue weighted by Crippen LogP contribution is -2.15. The first-order valence-corrected chi connectivity index (χ1v) is 5.77. The van der Waals surface area contributed by atoms with E-state index in [1.54, 1.807) is 0 Å². The standard InChI is InChI=1S/C9H15NOSi/c1-10-8-11-12-7-9-5-3-2-4-6-9/h2-6,10H,7-8,12H2,1H3. The van der Waals surface area contributed by atoms with E-state index in [1.165, 1.54) is 5.56 Å². The van der Waals surface area contributed by atoms with Gasteiger partial charge < -0.3 is 4.43 Å². The van der Waals surface area contributed by atoms with Gasteiger partial charge in [-0.15, -0.1) is 0 Å². The minimum atomic E-state index is -0.360. The molecular weight excluding hydrogens is 166 g/mol. The first-order valence-electron chi connectivity index (χ1n) is 4.20. The van der Waals surface area contributed by atoms with Crippen LogP contribution in [0.15, 0.2) is 30.3 Å². The van der Waals surface area contributed by atoms with Gasteiger partial charge in [0, 0.05) is 0 Å². The molecule has 0 unspecified atom stereocenters. The lowest BCUT2D eigenvalue weighted by molar-refractivity contribution is 0.311. The van der Waals surface area contributed by atoms with Crippen LogP contribution in [0.4, 0.5) is 0 Å². The Hall–Kier alpha value is -0.643. The van der Waals surface area contributed by atoms with Crippen molar-refractivity contribution in [2.75, 3.05) is 13.8 Å². The molecule has 0 fully saturated rings. The fraction of sp³-hybridized carbons (Fsp3) is 0.333. The molecule has 0 aliphatic rings. The first kappa shape index (κ1) is 9.44. The quantitative estimate of drug-likeness (QED) is 0.405. The molecule has 2 nitrogen and oxygen atoms in total. The van der Waals surface area contributed by atoms with Gasteiger partial charge in [-0.1, -0.05) is 30.3 Å². The maximum Gasteiger partial charge on any atom is 0.167 e. The average molecular weight is 181 g/mol. The molecule has 0 saturated carbocycles. The summed E-state index contributed by atoms with van der Waals surface area (Å²) < 4.78 is 5.41. The van der Waals surface area contributed by atoms with Crippen LogP contribution in [-0.2, 0) is 10.5 Å². The van der Waals surface area contributed by atoms with Gasteiger partial charge in [0.2, 0.25) is 0 Å². The molecular formula is C9H15NOSi. The van der Waals surface area contributed by atoms with Crippen molar-refractivity contribution in [3.8, 4) is 0 Å². The Labute approximate surface area is 75.9 Å². The van der Waals surface area contributed by atoms with Crippen molar-refractivity contribution >= 4 is 9.76 Å². The second kappa shape index (κ2) is 5.94. The highest BCUT2D eigenvalue weighted by atomic mass is 28.2. The van der Waals surface area contributed by atoms with Crippen LogP contribution < -0.4 is 5.32 Å². The normalized spacial score (nSPS) is 11.1. The van der Waals surface area contributed by atoms with Gasteiger partial charge in [-0.25, -0.2) is 0 Å². The van der Waals surface area contributed by atoms with Crippen LogP contribution in [0.5, 0.6) is 0 Å². The van der Waals surface area contributed by atoms with E-state index in [0.717, 1.165) is 6.04 Å². The molecule has 0 radical (unpaired) electrons. The van der Waals surface area contributed by atoms with Gasteiger partial charge in [-0.05, 0) is 18.7 Å². The summed E-state index contributed by atoms with van der Waals surface area (Å²) in [5.41, 5.74) is 1.39. The van der Waals surface area contributed by atoms with Crippen LogP contribution in [0.1, 0.15) is 5.56 Å². The molecule has 0 aliphatic heterocycles. The van der Waals surface area contributed by atoms with Crippen molar-refractivity contribution in [3.05, 3.63) is 35.9 Å². The van der Waals surface area contributed by atoms with Crippen molar-refractivity contribution in [2.24, 2.45) is 0 Å². The Kier molecular flexibility index (Phi) is 4.67. The summed E-state index contributed by atoms with van der Waals surface area (Å²) in [5, 5.41) is 2.97. The molecule has 1 aromatic rings. The molecule has 3 heteroatoms. The molecule has 12 heavy (non-hydrogen) atoms. The Balaban J connectivity index is 2.16. The largest absolute Gasteiger partial charge is 0.411 e. The number of hydrogen-bond donors (Lipinski definition) is 1.